The lowest BCUT2D eigenvalue weighted by Gasteiger charge is -2.47. The summed E-state index contributed by atoms with van der Waals surface area (Å²) < 4.78 is 26.0. The van der Waals surface area contributed by atoms with Crippen molar-refractivity contribution in [2.45, 2.75) is 37.3 Å². The van der Waals surface area contributed by atoms with Gasteiger partial charge in [0.05, 0.1) is 37.8 Å². The van der Waals surface area contributed by atoms with Crippen LogP contribution < -0.4 is 0 Å². The Morgan fingerprint density at radius 2 is 1.61 bits per heavy atom. The van der Waals surface area contributed by atoms with Crippen LogP contribution in [0.1, 0.15) is 45.8 Å². The van der Waals surface area contributed by atoms with Gasteiger partial charge in [0.1, 0.15) is 12.4 Å². The highest BCUT2D eigenvalue weighted by molar-refractivity contribution is 5.98. The molecule has 2 atom stereocenters. The van der Waals surface area contributed by atoms with E-state index in [0.717, 1.165) is 11.1 Å². The van der Waals surface area contributed by atoms with Gasteiger partial charge in [-0.1, -0.05) is 60.7 Å². The van der Waals surface area contributed by atoms with Gasteiger partial charge in [-0.25, -0.2) is 9.18 Å². The maximum absolute atomic E-state index is 14.4. The van der Waals surface area contributed by atoms with Crippen LogP contribution in [0.2, 0.25) is 0 Å². The Labute approximate surface area is 220 Å². The summed E-state index contributed by atoms with van der Waals surface area (Å²) in [5.41, 5.74) is 5.23. The van der Waals surface area contributed by atoms with Crippen LogP contribution in [0.4, 0.5) is 9.18 Å². The molecule has 2 heterocycles. The highest BCUT2D eigenvalue weighted by Gasteiger charge is 2.45. The number of Topliss-reactive ketones (excluding diaryl/α,β-unsaturated/α-hetero) is 1. The zero-order valence-electron chi connectivity index (χ0n) is 20.8. The summed E-state index contributed by atoms with van der Waals surface area (Å²) in [5, 5.41) is 8.84. The number of carbonyl (C=O) groups excluding carboxylic acids is 2. The second kappa shape index (κ2) is 10.0. The van der Waals surface area contributed by atoms with Crippen LogP contribution in [0.15, 0.2) is 66.7 Å². The van der Waals surface area contributed by atoms with E-state index < -0.39 is 5.82 Å². The predicted molar refractivity (Wildman–Crippen MR) is 138 cm³/mol. The van der Waals surface area contributed by atoms with Crippen molar-refractivity contribution in [2.24, 2.45) is 5.92 Å². The number of piperidine rings is 1. The van der Waals surface area contributed by atoms with Crippen molar-refractivity contribution in [3.05, 3.63) is 94.8 Å². The van der Waals surface area contributed by atoms with Crippen LogP contribution >= 0.6 is 0 Å². The van der Waals surface area contributed by atoms with E-state index in [-0.39, 0.29) is 54.4 Å². The number of ether oxygens (including phenoxy) is 2. The number of hydrogen-bond donors (Lipinski definition) is 0. The molecule has 2 aliphatic heterocycles. The van der Waals surface area contributed by atoms with E-state index in [1.54, 1.807) is 11.0 Å². The van der Waals surface area contributed by atoms with Gasteiger partial charge >= 0.3 is 6.09 Å². The fourth-order valence-electron chi connectivity index (χ4n) is 6.26. The van der Waals surface area contributed by atoms with E-state index in [4.69, 9.17) is 14.7 Å². The summed E-state index contributed by atoms with van der Waals surface area (Å²) in [7, 11) is 0. The van der Waals surface area contributed by atoms with E-state index in [0.29, 0.717) is 31.6 Å². The van der Waals surface area contributed by atoms with Crippen molar-refractivity contribution in [3.63, 3.8) is 0 Å². The second-order valence-corrected chi connectivity index (χ2v) is 10.2. The van der Waals surface area contributed by atoms with Crippen LogP contribution in [0, 0.1) is 23.1 Å². The Kier molecular flexibility index (Phi) is 6.42. The highest BCUT2D eigenvalue weighted by atomic mass is 19.1. The third-order valence-corrected chi connectivity index (χ3v) is 8.05. The van der Waals surface area contributed by atoms with Crippen molar-refractivity contribution in [1.82, 2.24) is 4.90 Å². The van der Waals surface area contributed by atoms with Crippen LogP contribution in [0.5, 0.6) is 0 Å². The molecule has 0 aromatic heterocycles. The molecule has 1 amide bonds. The quantitative estimate of drug-likeness (QED) is 0.424. The molecule has 3 aliphatic rings. The Morgan fingerprint density at radius 3 is 2.21 bits per heavy atom. The smallest absolute Gasteiger partial charge is 0.410 e. The lowest BCUT2D eigenvalue weighted by Crippen LogP contribution is -2.60. The number of carbonyl (C=O) groups is 2. The van der Waals surface area contributed by atoms with E-state index in [1.807, 2.05) is 30.3 Å². The van der Waals surface area contributed by atoms with Gasteiger partial charge in [-0.3, -0.25) is 9.69 Å². The zero-order valence-corrected chi connectivity index (χ0v) is 20.8. The van der Waals surface area contributed by atoms with Crippen LogP contribution in [0.3, 0.4) is 0 Å². The maximum atomic E-state index is 14.4. The van der Waals surface area contributed by atoms with Gasteiger partial charge in [0.15, 0.2) is 5.78 Å². The average Bonchev–Trinajstić information content (AvgIpc) is 3.25. The molecule has 38 heavy (non-hydrogen) atoms. The zero-order chi connectivity index (χ0) is 26.2. The number of halogens is 1. The van der Waals surface area contributed by atoms with Gasteiger partial charge in [0.25, 0.3) is 0 Å². The van der Waals surface area contributed by atoms with Gasteiger partial charge in [-0.15, -0.1) is 0 Å². The lowest BCUT2D eigenvalue weighted by molar-refractivity contribution is -0.0747. The van der Waals surface area contributed by atoms with Crippen molar-refractivity contribution < 1.29 is 23.5 Å². The Morgan fingerprint density at radius 1 is 0.974 bits per heavy atom. The van der Waals surface area contributed by atoms with Crippen LogP contribution in [0.25, 0.3) is 11.1 Å². The van der Waals surface area contributed by atoms with Gasteiger partial charge < -0.3 is 9.47 Å². The molecule has 0 spiro atoms. The van der Waals surface area contributed by atoms with Gasteiger partial charge in [0, 0.05) is 23.0 Å². The number of fused-ring (bicyclic) bond motifs is 5. The minimum Gasteiger partial charge on any atom is -0.448 e. The number of ketones is 1. The van der Waals surface area contributed by atoms with E-state index in [2.05, 4.69) is 24.3 Å². The SMILES string of the molecule is N#CCc1ccc(C(=O)C2CC3COCC(C2)N3C(=O)OCC2c3ccccc3-c3ccccc32)cc1F. The molecule has 6 nitrogen and oxygen atoms in total. The largest absolute Gasteiger partial charge is 0.448 e. The molecule has 0 saturated carbocycles. The standard InChI is InChI=1S/C31H27FN2O4/c32-29-15-20(10-9-19(29)11-12-33)30(35)21-13-22-16-37-17-23(14-21)34(22)31(36)38-18-28-26-7-3-1-5-24(26)25-6-2-4-8-27(25)28/h1-10,15,21-23,28H,11,13-14,16-18H2. The molecule has 7 heteroatoms. The Bertz CT molecular complexity index is 1390. The van der Waals surface area contributed by atoms with Crippen molar-refractivity contribution in [3.8, 4) is 17.2 Å². The molecular weight excluding hydrogens is 483 g/mol. The van der Waals surface area contributed by atoms with Crippen LogP contribution in [-0.4, -0.2) is 48.7 Å². The van der Waals surface area contributed by atoms with Gasteiger partial charge in [-0.05, 0) is 41.2 Å². The topological polar surface area (TPSA) is 79.6 Å². The Balaban J connectivity index is 1.15. The van der Waals surface area contributed by atoms with E-state index in [9.17, 15) is 14.0 Å². The monoisotopic (exact) mass is 510 g/mol. The van der Waals surface area contributed by atoms with Gasteiger partial charge in [-0.2, -0.15) is 5.26 Å². The molecule has 0 radical (unpaired) electrons. The third-order valence-electron chi connectivity index (χ3n) is 8.05. The first-order valence-electron chi connectivity index (χ1n) is 13.0. The summed E-state index contributed by atoms with van der Waals surface area (Å²) in [6.07, 6.45) is 0.436. The number of nitrogens with zero attached hydrogens (tertiary/aromatic N) is 2. The minimum atomic E-state index is -0.544. The third kappa shape index (κ3) is 4.25. The second-order valence-electron chi connectivity index (χ2n) is 10.2. The molecule has 0 N–H and O–H groups in total. The van der Waals surface area contributed by atoms with Gasteiger partial charge in [0.2, 0.25) is 0 Å². The molecule has 3 aromatic rings. The molecule has 192 valence electrons. The predicted octanol–water partition coefficient (Wildman–Crippen LogP) is 5.50. The number of morpholine rings is 1. The molecule has 2 bridgehead atoms. The number of nitriles is 1. The number of amides is 1. The molecular formula is C31H27FN2O4. The summed E-state index contributed by atoms with van der Waals surface area (Å²) in [4.78, 5) is 28.4. The molecule has 6 rings (SSSR count). The average molecular weight is 511 g/mol. The summed E-state index contributed by atoms with van der Waals surface area (Å²) in [5.74, 6) is -1.05. The maximum Gasteiger partial charge on any atom is 0.410 e. The first-order chi connectivity index (χ1) is 18.5. The molecule has 3 aromatic carbocycles. The summed E-state index contributed by atoms with van der Waals surface area (Å²) in [6, 6.07) is 22.1. The first-order valence-corrected chi connectivity index (χ1v) is 13.0. The Hall–Kier alpha value is -4.02. The fourth-order valence-corrected chi connectivity index (χ4v) is 6.26. The van der Waals surface area contributed by atoms with E-state index >= 15 is 0 Å². The number of hydrogen-bond acceptors (Lipinski definition) is 5. The van der Waals surface area contributed by atoms with Crippen LogP contribution in [-0.2, 0) is 15.9 Å². The molecule has 2 fully saturated rings. The highest BCUT2D eigenvalue weighted by Crippen LogP contribution is 2.44. The van der Waals surface area contributed by atoms with Crippen molar-refractivity contribution >= 4 is 11.9 Å². The van der Waals surface area contributed by atoms with Crippen molar-refractivity contribution in [1.29, 1.82) is 5.26 Å². The van der Waals surface area contributed by atoms with E-state index in [1.165, 1.54) is 23.3 Å². The lowest BCUT2D eigenvalue weighted by atomic mass is 9.80. The minimum absolute atomic E-state index is 0.0274. The molecule has 2 unspecified atom stereocenters. The normalized spacial score (nSPS) is 21.8. The molecule has 1 aliphatic carbocycles. The van der Waals surface area contributed by atoms with Crippen molar-refractivity contribution in [2.75, 3.05) is 19.8 Å². The summed E-state index contributed by atoms with van der Waals surface area (Å²) >= 11 is 0. The fraction of sp³-hybridized carbons (Fsp3) is 0.323. The number of benzene rings is 3. The molecule has 2 saturated heterocycles. The number of rotatable bonds is 5. The first kappa shape index (κ1) is 24.3. The summed E-state index contributed by atoms with van der Waals surface area (Å²) in [6.45, 7) is 0.903.